The first kappa shape index (κ1) is 6.86. The molecule has 0 saturated heterocycles. The van der Waals surface area contributed by atoms with E-state index in [2.05, 4.69) is 4.98 Å². The number of furan rings is 1. The summed E-state index contributed by atoms with van der Waals surface area (Å²) in [6.45, 7) is 1.85. The second-order valence-corrected chi connectivity index (χ2v) is 2.55. The third kappa shape index (κ3) is 0.857. The minimum absolute atomic E-state index is 0.348. The standard InChI is InChI=1S/C9H6N2O/c1-6-4-7-2-3-11-8(5-10)9(7)12-6/h2-4H,1H3. The highest BCUT2D eigenvalue weighted by Gasteiger charge is 2.05. The fourth-order valence-corrected chi connectivity index (χ4v) is 1.17. The van der Waals surface area contributed by atoms with E-state index in [0.29, 0.717) is 11.3 Å². The van der Waals surface area contributed by atoms with Crippen molar-refractivity contribution in [3.05, 3.63) is 29.8 Å². The molecule has 3 nitrogen and oxygen atoms in total. The maximum absolute atomic E-state index is 8.67. The quantitative estimate of drug-likeness (QED) is 0.589. The van der Waals surface area contributed by atoms with E-state index in [9.17, 15) is 0 Å². The number of rotatable bonds is 0. The van der Waals surface area contributed by atoms with E-state index in [-0.39, 0.29) is 0 Å². The van der Waals surface area contributed by atoms with E-state index in [1.807, 2.05) is 25.1 Å². The second-order valence-electron chi connectivity index (χ2n) is 2.55. The van der Waals surface area contributed by atoms with Crippen molar-refractivity contribution in [2.45, 2.75) is 6.92 Å². The predicted octanol–water partition coefficient (Wildman–Crippen LogP) is 2.01. The third-order valence-corrected chi connectivity index (χ3v) is 1.66. The van der Waals surface area contributed by atoms with Crippen LogP contribution in [0.2, 0.25) is 0 Å². The molecular weight excluding hydrogens is 152 g/mol. The fraction of sp³-hybridized carbons (Fsp3) is 0.111. The topological polar surface area (TPSA) is 49.8 Å². The zero-order chi connectivity index (χ0) is 8.55. The van der Waals surface area contributed by atoms with Gasteiger partial charge in [0.1, 0.15) is 11.8 Å². The number of hydrogen-bond donors (Lipinski definition) is 0. The molecule has 3 heteroatoms. The van der Waals surface area contributed by atoms with Gasteiger partial charge in [-0.05, 0) is 19.1 Å². The van der Waals surface area contributed by atoms with Gasteiger partial charge in [0.25, 0.3) is 0 Å². The first-order chi connectivity index (χ1) is 5.81. The van der Waals surface area contributed by atoms with Gasteiger partial charge in [-0.25, -0.2) is 4.98 Å². The summed E-state index contributed by atoms with van der Waals surface area (Å²) in [6.07, 6.45) is 1.61. The van der Waals surface area contributed by atoms with Crippen LogP contribution in [-0.2, 0) is 0 Å². The van der Waals surface area contributed by atoms with Crippen LogP contribution in [0.5, 0.6) is 0 Å². The van der Waals surface area contributed by atoms with Crippen LogP contribution >= 0.6 is 0 Å². The second kappa shape index (κ2) is 2.35. The lowest BCUT2D eigenvalue weighted by Crippen LogP contribution is -1.79. The van der Waals surface area contributed by atoms with Crippen LogP contribution in [0.1, 0.15) is 11.5 Å². The number of nitrogens with zero attached hydrogens (tertiary/aromatic N) is 2. The van der Waals surface area contributed by atoms with Crippen LogP contribution < -0.4 is 0 Å². The summed E-state index contributed by atoms with van der Waals surface area (Å²) in [5, 5.41) is 9.60. The smallest absolute Gasteiger partial charge is 0.183 e. The molecule has 12 heavy (non-hydrogen) atoms. The van der Waals surface area contributed by atoms with E-state index < -0.39 is 0 Å². The fourth-order valence-electron chi connectivity index (χ4n) is 1.17. The SMILES string of the molecule is Cc1cc2ccnc(C#N)c2o1. The first-order valence-corrected chi connectivity index (χ1v) is 3.56. The van der Waals surface area contributed by atoms with Crippen LogP contribution in [-0.4, -0.2) is 4.98 Å². The molecule has 0 atom stereocenters. The summed E-state index contributed by atoms with van der Waals surface area (Å²) in [6, 6.07) is 5.69. The Hall–Kier alpha value is -1.82. The Labute approximate surface area is 69.2 Å². The van der Waals surface area contributed by atoms with Crippen molar-refractivity contribution < 1.29 is 4.42 Å². The number of nitriles is 1. The monoisotopic (exact) mass is 158 g/mol. The number of fused-ring (bicyclic) bond motifs is 1. The molecule has 0 fully saturated rings. The summed E-state index contributed by atoms with van der Waals surface area (Å²) in [5.74, 6) is 0.800. The van der Waals surface area contributed by atoms with Crippen molar-refractivity contribution in [2.24, 2.45) is 0 Å². The molecule has 0 radical (unpaired) electrons. The average Bonchev–Trinajstić information content (AvgIpc) is 2.44. The van der Waals surface area contributed by atoms with Gasteiger partial charge in [0.2, 0.25) is 0 Å². The summed E-state index contributed by atoms with van der Waals surface area (Å²) in [4.78, 5) is 3.88. The van der Waals surface area contributed by atoms with Crippen LogP contribution in [0.25, 0.3) is 11.0 Å². The summed E-state index contributed by atoms with van der Waals surface area (Å²) in [5.41, 5.74) is 0.929. The van der Waals surface area contributed by atoms with Crippen molar-refractivity contribution in [3.63, 3.8) is 0 Å². The molecule has 0 aromatic carbocycles. The molecule has 2 aromatic rings. The molecule has 2 heterocycles. The Morgan fingerprint density at radius 2 is 2.42 bits per heavy atom. The lowest BCUT2D eigenvalue weighted by Gasteiger charge is -1.87. The highest BCUT2D eigenvalue weighted by molar-refractivity contribution is 5.81. The molecule has 0 spiro atoms. The molecule has 0 aliphatic carbocycles. The van der Waals surface area contributed by atoms with E-state index >= 15 is 0 Å². The van der Waals surface area contributed by atoms with E-state index in [1.54, 1.807) is 6.20 Å². The average molecular weight is 158 g/mol. The van der Waals surface area contributed by atoms with Crippen molar-refractivity contribution in [3.8, 4) is 6.07 Å². The van der Waals surface area contributed by atoms with Gasteiger partial charge in [-0.3, -0.25) is 0 Å². The van der Waals surface area contributed by atoms with Gasteiger partial charge >= 0.3 is 0 Å². The van der Waals surface area contributed by atoms with Gasteiger partial charge in [-0.1, -0.05) is 0 Å². The Balaban J connectivity index is 2.89. The van der Waals surface area contributed by atoms with Gasteiger partial charge in [-0.15, -0.1) is 0 Å². The molecule has 0 aliphatic heterocycles. The predicted molar refractivity (Wildman–Crippen MR) is 43.5 cm³/mol. The van der Waals surface area contributed by atoms with Crippen molar-refractivity contribution in [2.75, 3.05) is 0 Å². The minimum Gasteiger partial charge on any atom is -0.458 e. The van der Waals surface area contributed by atoms with Gasteiger partial charge in [0, 0.05) is 11.6 Å². The van der Waals surface area contributed by atoms with Crippen molar-refractivity contribution in [1.29, 1.82) is 5.26 Å². The number of hydrogen-bond acceptors (Lipinski definition) is 3. The largest absolute Gasteiger partial charge is 0.458 e. The normalized spacial score (nSPS) is 10.0. The van der Waals surface area contributed by atoms with Gasteiger partial charge in [0.15, 0.2) is 11.3 Å². The minimum atomic E-state index is 0.348. The lowest BCUT2D eigenvalue weighted by molar-refractivity contribution is 0.576. The van der Waals surface area contributed by atoms with Crippen LogP contribution in [0.15, 0.2) is 22.7 Å². The maximum Gasteiger partial charge on any atom is 0.183 e. The third-order valence-electron chi connectivity index (χ3n) is 1.66. The van der Waals surface area contributed by atoms with Crippen LogP contribution in [0.3, 0.4) is 0 Å². The molecule has 0 bridgehead atoms. The summed E-state index contributed by atoms with van der Waals surface area (Å²) < 4.78 is 5.30. The molecule has 0 aliphatic rings. The molecule has 2 aromatic heterocycles. The first-order valence-electron chi connectivity index (χ1n) is 3.56. The molecule has 58 valence electrons. The number of pyridine rings is 1. The highest BCUT2D eigenvalue weighted by atomic mass is 16.3. The molecule has 0 N–H and O–H groups in total. The maximum atomic E-state index is 8.67. The van der Waals surface area contributed by atoms with Crippen LogP contribution in [0.4, 0.5) is 0 Å². The molecule has 0 unspecified atom stereocenters. The van der Waals surface area contributed by atoms with Crippen LogP contribution in [0, 0.1) is 18.3 Å². The molecular formula is C9H6N2O. The van der Waals surface area contributed by atoms with Gasteiger partial charge in [-0.2, -0.15) is 5.26 Å². The Bertz CT molecular complexity index is 465. The van der Waals surface area contributed by atoms with Crippen molar-refractivity contribution in [1.82, 2.24) is 4.98 Å². The van der Waals surface area contributed by atoms with Crippen molar-refractivity contribution >= 4 is 11.0 Å². The van der Waals surface area contributed by atoms with Gasteiger partial charge in [0.05, 0.1) is 0 Å². The molecule has 0 amide bonds. The number of aromatic nitrogens is 1. The summed E-state index contributed by atoms with van der Waals surface area (Å²) >= 11 is 0. The Morgan fingerprint density at radius 3 is 3.17 bits per heavy atom. The zero-order valence-corrected chi connectivity index (χ0v) is 6.53. The highest BCUT2D eigenvalue weighted by Crippen LogP contribution is 2.19. The Kier molecular flexibility index (Phi) is 1.34. The van der Waals surface area contributed by atoms with E-state index in [4.69, 9.17) is 9.68 Å². The van der Waals surface area contributed by atoms with E-state index in [1.165, 1.54) is 0 Å². The lowest BCUT2D eigenvalue weighted by atomic mass is 10.2. The zero-order valence-electron chi connectivity index (χ0n) is 6.53. The van der Waals surface area contributed by atoms with E-state index in [0.717, 1.165) is 11.1 Å². The molecule has 0 saturated carbocycles. The Morgan fingerprint density at radius 1 is 1.58 bits per heavy atom. The molecule has 2 rings (SSSR count). The number of aryl methyl sites for hydroxylation is 1. The van der Waals surface area contributed by atoms with Gasteiger partial charge < -0.3 is 4.42 Å². The summed E-state index contributed by atoms with van der Waals surface area (Å²) in [7, 11) is 0.